The minimum atomic E-state index is 0.773. The van der Waals surface area contributed by atoms with E-state index in [4.69, 9.17) is 0 Å². The minimum Gasteiger partial charge on any atom is -0.296 e. The Labute approximate surface area is 67.8 Å². The molecule has 0 unspecified atom stereocenters. The Morgan fingerprint density at radius 2 is 1.55 bits per heavy atom. The number of hydrogen-bond acceptors (Lipinski definition) is 2. The van der Waals surface area contributed by atoms with Crippen LogP contribution in [0, 0.1) is 0 Å². The Kier molecular flexibility index (Phi) is 1.04. The van der Waals surface area contributed by atoms with Crippen LogP contribution < -0.4 is 0 Å². The summed E-state index contributed by atoms with van der Waals surface area (Å²) in [5.41, 5.74) is 0. The third kappa shape index (κ3) is 0.643. The van der Waals surface area contributed by atoms with Crippen LogP contribution in [0.15, 0.2) is 0 Å². The third-order valence-electron chi connectivity index (χ3n) is 3.68. The number of likely N-dealkylation sites (N-methyl/N-ethyl adjacent to an activating group) is 1. The van der Waals surface area contributed by atoms with E-state index in [9.17, 15) is 0 Å². The van der Waals surface area contributed by atoms with Gasteiger partial charge in [0.05, 0.1) is 33.2 Å². The summed E-state index contributed by atoms with van der Waals surface area (Å²) in [7, 11) is 2.41. The zero-order chi connectivity index (χ0) is 7.47. The van der Waals surface area contributed by atoms with E-state index in [-0.39, 0.29) is 0 Å². The van der Waals surface area contributed by atoms with Crippen molar-refractivity contribution in [3.8, 4) is 0 Å². The molecule has 3 saturated heterocycles. The molecule has 3 fully saturated rings. The number of rotatable bonds is 0. The van der Waals surface area contributed by atoms with Crippen molar-refractivity contribution < 1.29 is 4.48 Å². The Morgan fingerprint density at radius 3 is 2.09 bits per heavy atom. The smallest absolute Gasteiger partial charge is 0.205 e. The van der Waals surface area contributed by atoms with E-state index in [1.54, 1.807) is 0 Å². The summed E-state index contributed by atoms with van der Waals surface area (Å²) >= 11 is 0. The first kappa shape index (κ1) is 6.40. The highest BCUT2D eigenvalue weighted by atomic mass is 15.7. The van der Waals surface area contributed by atoms with Crippen LogP contribution in [-0.2, 0) is 0 Å². The van der Waals surface area contributed by atoms with E-state index in [2.05, 4.69) is 16.8 Å². The van der Waals surface area contributed by atoms with Gasteiger partial charge < -0.3 is 0 Å². The summed E-state index contributed by atoms with van der Waals surface area (Å²) in [4.78, 5) is 5.29. The maximum atomic E-state index is 2.65. The average molecular weight is 154 g/mol. The Balaban J connectivity index is 2.00. The minimum absolute atomic E-state index is 0.773. The number of quaternary nitrogens is 1. The van der Waals surface area contributed by atoms with Crippen LogP contribution in [0.5, 0.6) is 0 Å². The Bertz CT molecular complexity index is 176. The van der Waals surface area contributed by atoms with Gasteiger partial charge in [0.25, 0.3) is 0 Å². The number of nitrogens with zero attached hydrogens (tertiary/aromatic N) is 3. The molecule has 0 amide bonds. The molecule has 0 spiro atoms. The second-order valence-corrected chi connectivity index (χ2v) is 4.34. The molecule has 0 atom stereocenters. The van der Waals surface area contributed by atoms with Crippen molar-refractivity contribution in [2.75, 3.05) is 46.3 Å². The van der Waals surface area contributed by atoms with Crippen molar-refractivity contribution in [2.24, 2.45) is 0 Å². The zero-order valence-corrected chi connectivity index (χ0v) is 7.16. The van der Waals surface area contributed by atoms with Gasteiger partial charge >= 0.3 is 0 Å². The van der Waals surface area contributed by atoms with Crippen molar-refractivity contribution in [3.05, 3.63) is 0 Å². The molecule has 11 heavy (non-hydrogen) atoms. The molecule has 3 nitrogen and oxygen atoms in total. The SMILES string of the molecule is C[N+]12CCN3CCN(CC1)C32. The van der Waals surface area contributed by atoms with Gasteiger partial charge in [-0.25, -0.2) is 9.80 Å². The summed E-state index contributed by atoms with van der Waals surface area (Å²) in [6, 6.07) is 0. The maximum Gasteiger partial charge on any atom is 0.205 e. The molecule has 0 aromatic rings. The van der Waals surface area contributed by atoms with Crippen LogP contribution in [0.3, 0.4) is 0 Å². The number of hydrogen-bond donors (Lipinski definition) is 0. The summed E-state index contributed by atoms with van der Waals surface area (Å²) in [6.07, 6.45) is 0.773. The molecule has 0 aliphatic carbocycles. The molecule has 3 heteroatoms. The predicted molar refractivity (Wildman–Crippen MR) is 42.9 cm³/mol. The molecule has 3 aliphatic heterocycles. The molecule has 0 N–H and O–H groups in total. The predicted octanol–water partition coefficient (Wildman–Crippen LogP) is -0.639. The lowest BCUT2D eigenvalue weighted by Crippen LogP contribution is -2.48. The standard InChI is InChI=1S/C8H16N3/c1-11-6-4-9-2-3-10(5-7-11)8(9)11/h8H,2-7H2,1H3/q+1. The topological polar surface area (TPSA) is 6.48 Å². The summed E-state index contributed by atoms with van der Waals surface area (Å²) in [5.74, 6) is 0. The molecule has 0 saturated carbocycles. The van der Waals surface area contributed by atoms with E-state index in [0.717, 1.165) is 6.29 Å². The van der Waals surface area contributed by atoms with Crippen molar-refractivity contribution in [1.82, 2.24) is 9.80 Å². The van der Waals surface area contributed by atoms with Crippen LogP contribution >= 0.6 is 0 Å². The summed E-state index contributed by atoms with van der Waals surface area (Å²) in [5, 5.41) is 0. The van der Waals surface area contributed by atoms with Gasteiger partial charge in [-0.1, -0.05) is 0 Å². The first-order valence-electron chi connectivity index (χ1n) is 4.62. The van der Waals surface area contributed by atoms with E-state index in [1.165, 1.54) is 43.8 Å². The summed E-state index contributed by atoms with van der Waals surface area (Å²) < 4.78 is 1.31. The molecule has 3 heterocycles. The lowest BCUT2D eigenvalue weighted by molar-refractivity contribution is -0.918. The van der Waals surface area contributed by atoms with Crippen LogP contribution in [-0.4, -0.2) is 66.9 Å². The first-order valence-corrected chi connectivity index (χ1v) is 4.62. The normalized spacial score (nSPS) is 50.5. The van der Waals surface area contributed by atoms with Crippen LogP contribution in [0.4, 0.5) is 0 Å². The van der Waals surface area contributed by atoms with Gasteiger partial charge in [-0.15, -0.1) is 0 Å². The lowest BCUT2D eigenvalue weighted by Gasteiger charge is -2.29. The fraction of sp³-hybridized carbons (Fsp3) is 1.00. The quantitative estimate of drug-likeness (QED) is 0.428. The lowest BCUT2D eigenvalue weighted by atomic mass is 10.5. The van der Waals surface area contributed by atoms with Crippen molar-refractivity contribution in [1.29, 1.82) is 0 Å². The molecule has 62 valence electrons. The second kappa shape index (κ2) is 1.79. The van der Waals surface area contributed by atoms with E-state index < -0.39 is 0 Å². The molecule has 0 radical (unpaired) electrons. The highest BCUT2D eigenvalue weighted by molar-refractivity contribution is 4.84. The molecular weight excluding hydrogens is 138 g/mol. The first-order chi connectivity index (χ1) is 5.30. The Hall–Kier alpha value is -0.120. The van der Waals surface area contributed by atoms with Crippen LogP contribution in [0.2, 0.25) is 0 Å². The van der Waals surface area contributed by atoms with Gasteiger partial charge in [-0.3, -0.25) is 4.48 Å². The van der Waals surface area contributed by atoms with Gasteiger partial charge in [0.15, 0.2) is 0 Å². The highest BCUT2D eigenvalue weighted by Gasteiger charge is 2.54. The van der Waals surface area contributed by atoms with Gasteiger partial charge in [-0.05, 0) is 0 Å². The third-order valence-corrected chi connectivity index (χ3v) is 3.68. The molecule has 0 bridgehead atoms. The van der Waals surface area contributed by atoms with Crippen LogP contribution in [0.25, 0.3) is 0 Å². The monoisotopic (exact) mass is 154 g/mol. The summed E-state index contributed by atoms with van der Waals surface area (Å²) in [6.45, 7) is 8.05. The molecule has 3 aliphatic rings. The van der Waals surface area contributed by atoms with Crippen molar-refractivity contribution in [2.45, 2.75) is 6.29 Å². The largest absolute Gasteiger partial charge is 0.296 e. The molecule has 0 aromatic carbocycles. The second-order valence-electron chi connectivity index (χ2n) is 4.34. The molecular formula is C8H16N3+. The average Bonchev–Trinajstić information content (AvgIpc) is 2.54. The van der Waals surface area contributed by atoms with Gasteiger partial charge in [0, 0.05) is 13.1 Å². The maximum absolute atomic E-state index is 2.65. The highest BCUT2D eigenvalue weighted by Crippen LogP contribution is 2.33. The van der Waals surface area contributed by atoms with Crippen molar-refractivity contribution >= 4 is 0 Å². The van der Waals surface area contributed by atoms with E-state index in [0.29, 0.717) is 0 Å². The fourth-order valence-electron chi connectivity index (χ4n) is 3.02. The molecule has 0 aromatic heterocycles. The van der Waals surface area contributed by atoms with Gasteiger partial charge in [0.1, 0.15) is 0 Å². The van der Waals surface area contributed by atoms with Gasteiger partial charge in [0.2, 0.25) is 6.29 Å². The van der Waals surface area contributed by atoms with E-state index >= 15 is 0 Å². The fourth-order valence-corrected chi connectivity index (χ4v) is 3.02. The van der Waals surface area contributed by atoms with Crippen molar-refractivity contribution in [3.63, 3.8) is 0 Å². The van der Waals surface area contributed by atoms with Gasteiger partial charge in [-0.2, -0.15) is 0 Å². The zero-order valence-electron chi connectivity index (χ0n) is 7.16. The molecule has 3 rings (SSSR count). The van der Waals surface area contributed by atoms with Crippen LogP contribution in [0.1, 0.15) is 0 Å². The van der Waals surface area contributed by atoms with E-state index in [1.807, 2.05) is 0 Å². The Morgan fingerprint density at radius 1 is 1.00 bits per heavy atom.